The van der Waals surface area contributed by atoms with Crippen LogP contribution in [0.5, 0.6) is 0 Å². The molecular formula is C17H21N5OS. The normalized spacial score (nSPS) is 15.3. The molecule has 1 fully saturated rings. The van der Waals surface area contributed by atoms with Crippen LogP contribution >= 0.6 is 11.8 Å². The van der Waals surface area contributed by atoms with Crippen LogP contribution in [0.3, 0.4) is 0 Å². The van der Waals surface area contributed by atoms with Crippen molar-refractivity contribution in [3.8, 4) is 0 Å². The van der Waals surface area contributed by atoms with Gasteiger partial charge in [0.25, 0.3) is 0 Å². The molecule has 1 aliphatic heterocycles. The minimum absolute atomic E-state index is 0.0180. The van der Waals surface area contributed by atoms with Crippen LogP contribution in [0.1, 0.15) is 19.8 Å². The first-order valence-corrected chi connectivity index (χ1v) is 9.16. The third-order valence-corrected chi connectivity index (χ3v) is 4.78. The van der Waals surface area contributed by atoms with Crippen molar-refractivity contribution in [2.45, 2.75) is 24.8 Å². The SMILES string of the molecule is CCSc1cncc(N2CCC(C(=O)Nc3ccccn3)CC2)n1. The number of aromatic nitrogens is 3. The second-order valence-electron chi connectivity index (χ2n) is 5.61. The highest BCUT2D eigenvalue weighted by atomic mass is 32.2. The number of nitrogens with one attached hydrogen (secondary N) is 1. The highest BCUT2D eigenvalue weighted by Crippen LogP contribution is 2.24. The predicted octanol–water partition coefficient (Wildman–Crippen LogP) is 2.84. The van der Waals surface area contributed by atoms with Gasteiger partial charge in [-0.3, -0.25) is 9.78 Å². The molecule has 7 heteroatoms. The molecule has 1 amide bonds. The molecule has 1 aliphatic rings. The Morgan fingerprint density at radius 1 is 1.33 bits per heavy atom. The van der Waals surface area contributed by atoms with Crippen LogP contribution in [0, 0.1) is 5.92 Å². The van der Waals surface area contributed by atoms with Crippen LogP contribution in [0.15, 0.2) is 41.8 Å². The molecule has 0 atom stereocenters. The number of hydrogen-bond acceptors (Lipinski definition) is 6. The lowest BCUT2D eigenvalue weighted by molar-refractivity contribution is -0.120. The average molecular weight is 343 g/mol. The molecule has 2 aromatic rings. The van der Waals surface area contributed by atoms with E-state index < -0.39 is 0 Å². The molecule has 0 aliphatic carbocycles. The molecule has 2 aromatic heterocycles. The van der Waals surface area contributed by atoms with Gasteiger partial charge < -0.3 is 10.2 Å². The number of piperidine rings is 1. The van der Waals surface area contributed by atoms with Gasteiger partial charge in [-0.15, -0.1) is 11.8 Å². The van der Waals surface area contributed by atoms with E-state index in [1.54, 1.807) is 36.4 Å². The lowest BCUT2D eigenvalue weighted by atomic mass is 9.96. The number of pyridine rings is 1. The van der Waals surface area contributed by atoms with E-state index in [1.165, 1.54) is 0 Å². The van der Waals surface area contributed by atoms with Crippen LogP contribution in [-0.4, -0.2) is 39.7 Å². The third-order valence-electron chi connectivity index (χ3n) is 4.00. The first-order valence-electron chi connectivity index (χ1n) is 8.18. The van der Waals surface area contributed by atoms with E-state index in [0.29, 0.717) is 5.82 Å². The number of nitrogens with zero attached hydrogens (tertiary/aromatic N) is 4. The first kappa shape index (κ1) is 16.7. The maximum atomic E-state index is 12.3. The summed E-state index contributed by atoms with van der Waals surface area (Å²) in [6.07, 6.45) is 6.90. The number of carbonyl (C=O) groups excluding carboxylic acids is 1. The van der Waals surface area contributed by atoms with Crippen molar-refractivity contribution in [2.75, 3.05) is 29.1 Å². The molecule has 24 heavy (non-hydrogen) atoms. The number of amides is 1. The third kappa shape index (κ3) is 4.23. The van der Waals surface area contributed by atoms with Crippen molar-refractivity contribution < 1.29 is 4.79 Å². The number of hydrogen-bond donors (Lipinski definition) is 1. The molecule has 0 spiro atoms. The fraction of sp³-hybridized carbons (Fsp3) is 0.412. The van der Waals surface area contributed by atoms with Gasteiger partial charge in [-0.25, -0.2) is 9.97 Å². The standard InChI is InChI=1S/C17H21N5OS/c1-2-24-16-12-18-11-15(21-16)22-9-6-13(7-10-22)17(23)20-14-5-3-4-8-19-14/h3-5,8,11-13H,2,6-7,9-10H2,1H3,(H,19,20,23). The van der Waals surface area contributed by atoms with Gasteiger partial charge in [0.15, 0.2) is 0 Å². The molecule has 0 unspecified atom stereocenters. The number of anilines is 2. The van der Waals surface area contributed by atoms with Crippen molar-refractivity contribution in [3.63, 3.8) is 0 Å². The largest absolute Gasteiger partial charge is 0.355 e. The zero-order chi connectivity index (χ0) is 16.8. The van der Waals surface area contributed by atoms with Crippen molar-refractivity contribution >= 4 is 29.3 Å². The van der Waals surface area contributed by atoms with Gasteiger partial charge >= 0.3 is 0 Å². The van der Waals surface area contributed by atoms with Gasteiger partial charge in [-0.2, -0.15) is 0 Å². The fourth-order valence-electron chi connectivity index (χ4n) is 2.74. The molecule has 0 bridgehead atoms. The summed E-state index contributed by atoms with van der Waals surface area (Å²) in [7, 11) is 0. The van der Waals surface area contributed by atoms with Crippen molar-refractivity contribution in [3.05, 3.63) is 36.8 Å². The summed E-state index contributed by atoms with van der Waals surface area (Å²) in [6.45, 7) is 3.73. The van der Waals surface area contributed by atoms with E-state index in [1.807, 2.05) is 12.1 Å². The van der Waals surface area contributed by atoms with E-state index in [9.17, 15) is 4.79 Å². The maximum absolute atomic E-state index is 12.3. The van der Waals surface area contributed by atoms with Crippen LogP contribution in [-0.2, 0) is 4.79 Å². The van der Waals surface area contributed by atoms with Gasteiger partial charge in [0.1, 0.15) is 16.7 Å². The molecule has 1 saturated heterocycles. The highest BCUT2D eigenvalue weighted by molar-refractivity contribution is 7.99. The van der Waals surface area contributed by atoms with Gasteiger partial charge in [-0.05, 0) is 30.7 Å². The summed E-state index contributed by atoms with van der Waals surface area (Å²) in [5, 5.41) is 3.84. The maximum Gasteiger partial charge on any atom is 0.228 e. The van der Waals surface area contributed by atoms with Crippen LogP contribution in [0.4, 0.5) is 11.6 Å². The van der Waals surface area contributed by atoms with Gasteiger partial charge in [0, 0.05) is 25.2 Å². The molecule has 3 rings (SSSR count). The lowest BCUT2D eigenvalue weighted by Gasteiger charge is -2.32. The summed E-state index contributed by atoms with van der Waals surface area (Å²) in [5.74, 6) is 2.56. The van der Waals surface area contributed by atoms with Crippen LogP contribution < -0.4 is 10.2 Å². The molecular weight excluding hydrogens is 322 g/mol. The van der Waals surface area contributed by atoms with E-state index in [2.05, 4.69) is 32.1 Å². The Morgan fingerprint density at radius 3 is 2.88 bits per heavy atom. The zero-order valence-electron chi connectivity index (χ0n) is 13.7. The molecule has 126 valence electrons. The van der Waals surface area contributed by atoms with Gasteiger partial charge in [0.05, 0.1) is 12.4 Å². The van der Waals surface area contributed by atoms with Crippen molar-refractivity contribution in [2.24, 2.45) is 5.92 Å². The molecule has 0 radical (unpaired) electrons. The second-order valence-corrected chi connectivity index (χ2v) is 6.90. The number of rotatable bonds is 5. The fourth-order valence-corrected chi connectivity index (χ4v) is 3.33. The Labute approximate surface area is 146 Å². The highest BCUT2D eigenvalue weighted by Gasteiger charge is 2.26. The van der Waals surface area contributed by atoms with Crippen LogP contribution in [0.2, 0.25) is 0 Å². The minimum Gasteiger partial charge on any atom is -0.355 e. The monoisotopic (exact) mass is 343 g/mol. The van der Waals surface area contributed by atoms with E-state index in [-0.39, 0.29) is 11.8 Å². The Hall–Kier alpha value is -2.15. The lowest BCUT2D eigenvalue weighted by Crippen LogP contribution is -2.38. The number of thioether (sulfide) groups is 1. The Balaban J connectivity index is 1.55. The van der Waals surface area contributed by atoms with E-state index >= 15 is 0 Å². The molecule has 3 heterocycles. The van der Waals surface area contributed by atoms with Gasteiger partial charge in [0.2, 0.25) is 5.91 Å². The minimum atomic E-state index is 0.0180. The summed E-state index contributed by atoms with van der Waals surface area (Å²) in [6, 6.07) is 5.50. The molecule has 1 N–H and O–H groups in total. The Morgan fingerprint density at radius 2 is 2.17 bits per heavy atom. The summed E-state index contributed by atoms with van der Waals surface area (Å²) in [4.78, 5) is 27.6. The van der Waals surface area contributed by atoms with Crippen LogP contribution in [0.25, 0.3) is 0 Å². The van der Waals surface area contributed by atoms with Gasteiger partial charge in [-0.1, -0.05) is 13.0 Å². The molecule has 0 saturated carbocycles. The Kier molecular flexibility index (Phi) is 5.63. The predicted molar refractivity (Wildman–Crippen MR) is 96.2 cm³/mol. The smallest absolute Gasteiger partial charge is 0.228 e. The first-order chi connectivity index (χ1) is 11.8. The number of carbonyl (C=O) groups is 1. The van der Waals surface area contributed by atoms with E-state index in [4.69, 9.17) is 0 Å². The molecule has 0 aromatic carbocycles. The zero-order valence-corrected chi connectivity index (χ0v) is 14.5. The summed E-state index contributed by atoms with van der Waals surface area (Å²) < 4.78 is 0. The van der Waals surface area contributed by atoms with Crippen molar-refractivity contribution in [1.29, 1.82) is 0 Å². The topological polar surface area (TPSA) is 71.0 Å². The Bertz CT molecular complexity index is 674. The average Bonchev–Trinajstić information content (AvgIpc) is 2.63. The summed E-state index contributed by atoms with van der Waals surface area (Å²) >= 11 is 1.69. The second kappa shape index (κ2) is 8.10. The molecule has 6 nitrogen and oxygen atoms in total. The van der Waals surface area contributed by atoms with E-state index in [0.717, 1.165) is 42.5 Å². The van der Waals surface area contributed by atoms with Crippen molar-refractivity contribution in [1.82, 2.24) is 15.0 Å². The summed E-state index contributed by atoms with van der Waals surface area (Å²) in [5.41, 5.74) is 0. The quantitative estimate of drug-likeness (QED) is 0.842.